The fourth-order valence-corrected chi connectivity index (χ4v) is 2.32. The van der Waals surface area contributed by atoms with Crippen molar-refractivity contribution in [3.8, 4) is 0 Å². The Balaban J connectivity index is 1.76. The van der Waals surface area contributed by atoms with Crippen molar-refractivity contribution in [1.29, 1.82) is 0 Å². The van der Waals surface area contributed by atoms with Crippen LogP contribution in [-0.2, 0) is 9.53 Å². The second-order valence-electron chi connectivity index (χ2n) is 5.04. The third kappa shape index (κ3) is 4.03. The summed E-state index contributed by atoms with van der Waals surface area (Å²) >= 11 is 0. The van der Waals surface area contributed by atoms with E-state index in [-0.39, 0.29) is 36.5 Å². The predicted molar refractivity (Wildman–Crippen MR) is 78.7 cm³/mol. The Morgan fingerprint density at radius 1 is 1.33 bits per heavy atom. The molecule has 1 aliphatic carbocycles. The van der Waals surface area contributed by atoms with Gasteiger partial charge in [-0.25, -0.2) is 0 Å². The molecule has 4 N–H and O–H groups in total. The van der Waals surface area contributed by atoms with Gasteiger partial charge in [-0.05, 0) is 25.5 Å². The molecule has 3 atom stereocenters. The van der Waals surface area contributed by atoms with E-state index in [2.05, 4.69) is 10.6 Å². The van der Waals surface area contributed by atoms with Crippen molar-refractivity contribution in [2.45, 2.75) is 31.5 Å². The molecule has 1 aromatic rings. The fourth-order valence-electron chi connectivity index (χ4n) is 2.32. The number of hydrogen-bond donors (Lipinski definition) is 3. The highest BCUT2D eigenvalue weighted by molar-refractivity contribution is 5.96. The van der Waals surface area contributed by atoms with Crippen LogP contribution in [0.15, 0.2) is 30.3 Å². The summed E-state index contributed by atoms with van der Waals surface area (Å²) in [6, 6.07) is 8.50. The van der Waals surface area contributed by atoms with Crippen molar-refractivity contribution in [1.82, 2.24) is 10.6 Å². The molecule has 0 radical (unpaired) electrons. The van der Waals surface area contributed by atoms with Crippen molar-refractivity contribution in [2.24, 2.45) is 5.73 Å². The van der Waals surface area contributed by atoms with Gasteiger partial charge in [0, 0.05) is 18.2 Å². The van der Waals surface area contributed by atoms with Crippen LogP contribution in [0.5, 0.6) is 0 Å². The fraction of sp³-hybridized carbons (Fsp3) is 0.467. The van der Waals surface area contributed by atoms with Crippen LogP contribution in [0.1, 0.15) is 23.7 Å². The van der Waals surface area contributed by atoms with Gasteiger partial charge >= 0.3 is 0 Å². The summed E-state index contributed by atoms with van der Waals surface area (Å²) in [5, 5.41) is 5.39. The minimum Gasteiger partial charge on any atom is -0.376 e. The van der Waals surface area contributed by atoms with Crippen LogP contribution in [0.2, 0.25) is 0 Å². The van der Waals surface area contributed by atoms with Gasteiger partial charge in [0.2, 0.25) is 5.91 Å². The maximum Gasteiger partial charge on any atom is 0.251 e. The highest BCUT2D eigenvalue weighted by Gasteiger charge is 2.40. The molecule has 6 heteroatoms. The number of benzene rings is 1. The Kier molecular flexibility index (Phi) is 5.30. The van der Waals surface area contributed by atoms with E-state index in [1.807, 2.05) is 13.0 Å². The Morgan fingerprint density at radius 3 is 2.67 bits per heavy atom. The zero-order valence-corrected chi connectivity index (χ0v) is 12.0. The Hall–Kier alpha value is -1.92. The summed E-state index contributed by atoms with van der Waals surface area (Å²) in [4.78, 5) is 23.6. The molecule has 0 aliphatic heterocycles. The molecule has 1 aromatic carbocycles. The number of carbonyl (C=O) groups excluding carboxylic acids is 2. The molecule has 6 nitrogen and oxygen atoms in total. The van der Waals surface area contributed by atoms with Crippen molar-refractivity contribution < 1.29 is 14.3 Å². The van der Waals surface area contributed by atoms with Crippen LogP contribution >= 0.6 is 0 Å². The normalized spacial score (nSPS) is 24.0. The molecule has 21 heavy (non-hydrogen) atoms. The van der Waals surface area contributed by atoms with Gasteiger partial charge in [-0.2, -0.15) is 0 Å². The van der Waals surface area contributed by atoms with Gasteiger partial charge < -0.3 is 21.1 Å². The molecular weight excluding hydrogens is 270 g/mol. The number of nitrogens with one attached hydrogen (secondary N) is 2. The van der Waals surface area contributed by atoms with Gasteiger partial charge in [0.05, 0.1) is 18.7 Å². The monoisotopic (exact) mass is 291 g/mol. The SMILES string of the molecule is CCOC1CC(N)C1NC(=O)CNC(=O)c1ccccc1. The molecule has 1 fully saturated rings. The first-order valence-electron chi connectivity index (χ1n) is 7.11. The smallest absolute Gasteiger partial charge is 0.251 e. The number of nitrogens with two attached hydrogens (primary N) is 1. The van der Waals surface area contributed by atoms with Crippen LogP contribution in [0, 0.1) is 0 Å². The summed E-state index contributed by atoms with van der Waals surface area (Å²) in [7, 11) is 0. The lowest BCUT2D eigenvalue weighted by atomic mass is 9.83. The third-order valence-electron chi connectivity index (χ3n) is 3.52. The van der Waals surface area contributed by atoms with E-state index >= 15 is 0 Å². The molecule has 0 heterocycles. The lowest BCUT2D eigenvalue weighted by Crippen LogP contribution is -2.65. The maximum atomic E-state index is 11.8. The highest BCUT2D eigenvalue weighted by atomic mass is 16.5. The maximum absolute atomic E-state index is 11.8. The van der Waals surface area contributed by atoms with Crippen molar-refractivity contribution in [3.05, 3.63) is 35.9 Å². The van der Waals surface area contributed by atoms with Crippen LogP contribution in [0.3, 0.4) is 0 Å². The Labute approximate surface area is 124 Å². The minimum atomic E-state index is -0.273. The predicted octanol–water partition coefficient (Wildman–Crippen LogP) is 0.0373. The van der Waals surface area contributed by atoms with Crippen LogP contribution in [-0.4, -0.2) is 43.2 Å². The standard InChI is InChI=1S/C15H21N3O3/c1-2-21-12-8-11(16)14(12)18-13(19)9-17-15(20)10-6-4-3-5-7-10/h3-7,11-12,14H,2,8-9,16H2,1H3,(H,17,20)(H,18,19). The molecule has 0 saturated heterocycles. The van der Waals surface area contributed by atoms with Gasteiger partial charge in [-0.1, -0.05) is 18.2 Å². The molecule has 0 spiro atoms. The summed E-state index contributed by atoms with van der Waals surface area (Å²) in [5.74, 6) is -0.533. The molecule has 3 unspecified atom stereocenters. The minimum absolute atomic E-state index is 0.0289. The van der Waals surface area contributed by atoms with Gasteiger partial charge in [0.25, 0.3) is 5.91 Å². The molecule has 1 aliphatic rings. The van der Waals surface area contributed by atoms with Crippen molar-refractivity contribution >= 4 is 11.8 Å². The second-order valence-corrected chi connectivity index (χ2v) is 5.04. The molecule has 114 valence electrons. The van der Waals surface area contributed by atoms with E-state index in [4.69, 9.17) is 10.5 Å². The molecule has 2 rings (SSSR count). The van der Waals surface area contributed by atoms with E-state index < -0.39 is 0 Å². The van der Waals surface area contributed by atoms with E-state index in [1.165, 1.54) is 0 Å². The molecule has 0 aromatic heterocycles. The van der Waals surface area contributed by atoms with Gasteiger partial charge in [-0.3, -0.25) is 9.59 Å². The largest absolute Gasteiger partial charge is 0.376 e. The first kappa shape index (κ1) is 15.5. The quantitative estimate of drug-likeness (QED) is 0.690. The number of amides is 2. The highest BCUT2D eigenvalue weighted by Crippen LogP contribution is 2.22. The number of ether oxygens (including phenoxy) is 1. The third-order valence-corrected chi connectivity index (χ3v) is 3.52. The summed E-state index contributed by atoms with van der Waals surface area (Å²) in [6.07, 6.45) is 0.716. The van der Waals surface area contributed by atoms with Gasteiger partial charge in [0.1, 0.15) is 0 Å². The number of rotatable bonds is 6. The Bertz CT molecular complexity index is 490. The summed E-state index contributed by atoms with van der Waals surface area (Å²) < 4.78 is 5.47. The average molecular weight is 291 g/mol. The van der Waals surface area contributed by atoms with Gasteiger partial charge in [-0.15, -0.1) is 0 Å². The number of hydrogen-bond acceptors (Lipinski definition) is 4. The average Bonchev–Trinajstić information content (AvgIpc) is 2.51. The van der Waals surface area contributed by atoms with E-state index in [1.54, 1.807) is 24.3 Å². The molecule has 2 amide bonds. The Morgan fingerprint density at radius 2 is 2.05 bits per heavy atom. The van der Waals surface area contributed by atoms with Crippen molar-refractivity contribution in [3.63, 3.8) is 0 Å². The zero-order chi connectivity index (χ0) is 15.2. The van der Waals surface area contributed by atoms with E-state index in [0.29, 0.717) is 12.2 Å². The van der Waals surface area contributed by atoms with E-state index in [9.17, 15) is 9.59 Å². The lowest BCUT2D eigenvalue weighted by molar-refractivity contribution is -0.124. The first-order chi connectivity index (χ1) is 10.1. The van der Waals surface area contributed by atoms with Crippen LogP contribution < -0.4 is 16.4 Å². The second kappa shape index (κ2) is 7.19. The van der Waals surface area contributed by atoms with E-state index in [0.717, 1.165) is 6.42 Å². The zero-order valence-electron chi connectivity index (χ0n) is 12.0. The molecule has 0 bridgehead atoms. The lowest BCUT2D eigenvalue weighted by Gasteiger charge is -2.42. The summed E-state index contributed by atoms with van der Waals surface area (Å²) in [6.45, 7) is 2.42. The van der Waals surface area contributed by atoms with Crippen molar-refractivity contribution in [2.75, 3.05) is 13.2 Å². The molecular formula is C15H21N3O3. The first-order valence-corrected chi connectivity index (χ1v) is 7.11. The topological polar surface area (TPSA) is 93.4 Å². The van der Waals surface area contributed by atoms with Crippen LogP contribution in [0.25, 0.3) is 0 Å². The molecule has 1 saturated carbocycles. The van der Waals surface area contributed by atoms with Crippen LogP contribution in [0.4, 0.5) is 0 Å². The number of carbonyl (C=O) groups is 2. The van der Waals surface area contributed by atoms with Gasteiger partial charge in [0.15, 0.2) is 0 Å². The summed E-state index contributed by atoms with van der Waals surface area (Å²) in [5.41, 5.74) is 6.38.